The molecule has 0 N–H and O–H groups in total. The van der Waals surface area contributed by atoms with E-state index in [1.54, 1.807) is 10.4 Å². The van der Waals surface area contributed by atoms with Crippen molar-refractivity contribution in [2.45, 2.75) is 13.1 Å². The summed E-state index contributed by atoms with van der Waals surface area (Å²) < 4.78 is 6.89. The number of nitrogens with zero attached hydrogens (tertiary/aromatic N) is 3. The zero-order chi connectivity index (χ0) is 67.7. The molecule has 0 saturated carbocycles. The van der Waals surface area contributed by atoms with Crippen LogP contribution in [0, 0.1) is 0 Å². The van der Waals surface area contributed by atoms with E-state index < -0.39 is 23.7 Å². The molecule has 21 rings (SSSR count). The predicted octanol–water partition coefficient (Wildman–Crippen LogP) is 21.4. The molecule has 0 spiro atoms. The Balaban J connectivity index is 0.000000106. The highest BCUT2D eigenvalue weighted by molar-refractivity contribution is 7.68. The molecule has 0 radical (unpaired) electrons. The van der Waals surface area contributed by atoms with E-state index in [0.717, 1.165) is 0 Å². The SMILES string of the molecule is Cn1c2ccccc2c2cc(-c3ccc4c(c3)[Si](C)(C)c3ccccc3-4)ccc21.Cn1c2ccccc2c2cc(-c3ccc4c(c3)[Si](c3ccccc3)(c3ccccc3)c3ccccc3-4)ccc21.Cn1c2ccccc2c2cc(-c3ccc4c5ccccc5p(-c5ccccc5)c4c3)ccc21. The molecule has 0 amide bonds. The fraction of sp³-hybridized carbons (Fsp3) is 0.0526. The van der Waals surface area contributed by atoms with Crippen molar-refractivity contribution in [1.82, 2.24) is 13.7 Å². The fourth-order valence-electron chi connectivity index (χ4n) is 17.6. The van der Waals surface area contributed by atoms with Crippen molar-refractivity contribution in [3.05, 3.63) is 346 Å². The number of benzene rings is 15. The van der Waals surface area contributed by atoms with E-state index in [2.05, 4.69) is 394 Å². The lowest BCUT2D eigenvalue weighted by atomic mass is 9.99. The first-order valence-corrected chi connectivity index (χ1v) is 41.6. The van der Waals surface area contributed by atoms with Crippen molar-refractivity contribution in [3.63, 3.8) is 0 Å². The van der Waals surface area contributed by atoms with Gasteiger partial charge in [-0.2, -0.15) is 0 Å². The summed E-state index contributed by atoms with van der Waals surface area (Å²) in [7, 11) is 1.81. The molecule has 480 valence electrons. The van der Waals surface area contributed by atoms with Gasteiger partial charge in [0.1, 0.15) is 8.07 Å². The Labute approximate surface area is 591 Å². The van der Waals surface area contributed by atoms with E-state index in [0.29, 0.717) is 0 Å². The van der Waals surface area contributed by atoms with Gasteiger partial charge < -0.3 is 13.7 Å². The number of hydrogen-bond acceptors (Lipinski definition) is 0. The van der Waals surface area contributed by atoms with E-state index >= 15 is 0 Å². The number of hydrogen-bond donors (Lipinski definition) is 0. The van der Waals surface area contributed by atoms with Crippen LogP contribution in [0.15, 0.2) is 346 Å². The van der Waals surface area contributed by atoms with Crippen LogP contribution in [0.4, 0.5) is 0 Å². The van der Waals surface area contributed by atoms with Crippen molar-refractivity contribution >= 4 is 141 Å². The Morgan fingerprint density at radius 2 is 0.564 bits per heavy atom. The van der Waals surface area contributed by atoms with Crippen molar-refractivity contribution in [1.29, 1.82) is 0 Å². The number of rotatable bonds is 6. The molecule has 2 aliphatic heterocycles. The zero-order valence-electron chi connectivity index (χ0n) is 57.2. The third-order valence-electron chi connectivity index (χ3n) is 22.5. The molecule has 6 heterocycles. The van der Waals surface area contributed by atoms with Gasteiger partial charge in [-0.25, -0.2) is 0 Å². The first-order valence-electron chi connectivity index (χ1n) is 35.2. The minimum atomic E-state index is -2.49. The van der Waals surface area contributed by atoms with Gasteiger partial charge in [0.15, 0.2) is 8.07 Å². The van der Waals surface area contributed by atoms with Gasteiger partial charge in [0, 0.05) is 96.8 Å². The lowest BCUT2D eigenvalue weighted by molar-refractivity contribution is 1.01. The van der Waals surface area contributed by atoms with Crippen LogP contribution in [0.25, 0.3) is 147 Å². The molecule has 0 saturated heterocycles. The smallest absolute Gasteiger partial charge is 0.180 e. The largest absolute Gasteiger partial charge is 0.344 e. The van der Waals surface area contributed by atoms with Gasteiger partial charge in [0.2, 0.25) is 0 Å². The molecule has 15 aromatic carbocycles. The average Bonchev–Trinajstić information content (AvgIpc) is 1.53. The summed E-state index contributed by atoms with van der Waals surface area (Å²) in [5.41, 5.74) is 21.0. The molecule has 3 nitrogen and oxygen atoms in total. The van der Waals surface area contributed by atoms with Crippen molar-refractivity contribution in [2.75, 3.05) is 0 Å². The van der Waals surface area contributed by atoms with Crippen LogP contribution in [0.3, 0.4) is 0 Å². The topological polar surface area (TPSA) is 14.8 Å². The molecular formula is C95H72N3PSi2. The second kappa shape index (κ2) is 23.8. The molecule has 101 heavy (non-hydrogen) atoms. The molecule has 1 atom stereocenters. The van der Waals surface area contributed by atoms with Crippen LogP contribution in [-0.4, -0.2) is 29.8 Å². The van der Waals surface area contributed by atoms with Gasteiger partial charge in [-0.3, -0.25) is 0 Å². The van der Waals surface area contributed by atoms with Crippen LogP contribution in [0.1, 0.15) is 0 Å². The van der Waals surface area contributed by atoms with Crippen molar-refractivity contribution in [2.24, 2.45) is 21.1 Å². The monoisotopic (exact) mass is 1340 g/mol. The highest BCUT2D eigenvalue weighted by Crippen LogP contribution is 2.56. The summed E-state index contributed by atoms with van der Waals surface area (Å²) in [6.07, 6.45) is 0. The molecule has 1 unspecified atom stereocenters. The van der Waals surface area contributed by atoms with E-state index in [-0.39, 0.29) is 0 Å². The van der Waals surface area contributed by atoms with Crippen LogP contribution >= 0.6 is 7.53 Å². The maximum absolute atomic E-state index is 2.51. The Morgan fingerprint density at radius 3 is 1.08 bits per heavy atom. The van der Waals surface area contributed by atoms with Crippen LogP contribution in [-0.2, 0) is 21.1 Å². The summed E-state index contributed by atoms with van der Waals surface area (Å²) in [4.78, 5) is 0. The summed E-state index contributed by atoms with van der Waals surface area (Å²) in [6.45, 7) is 4.96. The van der Waals surface area contributed by atoms with Crippen LogP contribution in [0.2, 0.25) is 13.1 Å². The summed E-state index contributed by atoms with van der Waals surface area (Å²) in [5.74, 6) is 0. The van der Waals surface area contributed by atoms with Crippen LogP contribution in [0.5, 0.6) is 0 Å². The highest BCUT2D eigenvalue weighted by atomic mass is 31.1. The van der Waals surface area contributed by atoms with Gasteiger partial charge in [-0.15, -0.1) is 0 Å². The molecule has 6 heteroatoms. The van der Waals surface area contributed by atoms with E-state index in [1.807, 2.05) is 0 Å². The van der Waals surface area contributed by atoms with Crippen molar-refractivity contribution < 1.29 is 0 Å². The normalized spacial score (nSPS) is 13.3. The van der Waals surface area contributed by atoms with Gasteiger partial charge in [-0.1, -0.05) is 306 Å². The predicted molar refractivity (Wildman–Crippen MR) is 441 cm³/mol. The lowest BCUT2D eigenvalue weighted by Gasteiger charge is -2.31. The van der Waals surface area contributed by atoms with Gasteiger partial charge in [-0.05, 0) is 163 Å². The van der Waals surface area contributed by atoms with E-state index in [9.17, 15) is 0 Å². The Kier molecular flexibility index (Phi) is 14.3. The quantitative estimate of drug-likeness (QED) is 0.147. The molecule has 0 aliphatic carbocycles. The van der Waals surface area contributed by atoms with E-state index in [4.69, 9.17) is 0 Å². The minimum Gasteiger partial charge on any atom is -0.344 e. The highest BCUT2D eigenvalue weighted by Gasteiger charge is 2.48. The third-order valence-corrected chi connectivity index (χ3v) is 33.4. The number of aromatic nitrogens is 3. The molecule has 4 aromatic heterocycles. The number of para-hydroxylation sites is 3. The van der Waals surface area contributed by atoms with Crippen molar-refractivity contribution in [3.8, 4) is 60.9 Å². The van der Waals surface area contributed by atoms with Gasteiger partial charge in [0.25, 0.3) is 0 Å². The standard InChI is InChI=1S/C37H27NSi.C31H22NP.C27H23NSi/c1-38-34-18-10-8-16-30(34)33-24-26(21-23-35(33)38)27-20-22-32-31-17-9-11-19-36(31)39(37(32)25-27,28-12-4-2-5-13-28)29-14-6-3-7-15-29;1-32-28-13-7-5-11-24(28)27-19-21(16-18-29(27)32)22-15-17-26-25-12-6-8-14-30(25)33(31(26)20-22)23-9-3-2-4-10-23;1-28-24-10-6-4-8-20(24)23-16-18(13-15-25(23)28)19-12-14-22-21-9-5-7-11-26(21)29(2,3)27(22)17-19/h2-25H,1H3;2-20H,1H3;4-17H,1-3H3. The molecule has 0 fully saturated rings. The molecule has 0 bridgehead atoms. The minimum absolute atomic E-state index is 0.541. The average molecular weight is 1340 g/mol. The number of aryl methyl sites for hydroxylation is 3. The van der Waals surface area contributed by atoms with Gasteiger partial charge in [0.05, 0.1) is 0 Å². The maximum atomic E-state index is 2.51. The summed E-state index contributed by atoms with van der Waals surface area (Å²) >= 11 is 0. The Morgan fingerprint density at radius 1 is 0.228 bits per heavy atom. The van der Waals surface area contributed by atoms with Gasteiger partial charge >= 0.3 is 0 Å². The maximum Gasteiger partial charge on any atom is 0.180 e. The first-order chi connectivity index (χ1) is 49.6. The lowest BCUT2D eigenvalue weighted by Crippen LogP contribution is -2.72. The summed E-state index contributed by atoms with van der Waals surface area (Å²) in [5, 5.41) is 24.0. The summed E-state index contributed by atoms with van der Waals surface area (Å²) in [6, 6.07) is 129. The zero-order valence-corrected chi connectivity index (χ0v) is 60.1. The third kappa shape index (κ3) is 9.45. The second-order valence-electron chi connectivity index (χ2n) is 28.1. The Bertz CT molecular complexity index is 6490. The second-order valence-corrected chi connectivity index (χ2v) is 38.3. The fourth-order valence-corrected chi connectivity index (χ4v) is 28.5. The van der Waals surface area contributed by atoms with E-state index in [1.165, 1.54) is 168 Å². The molecule has 2 aliphatic rings. The first kappa shape index (κ1) is 60.6. The number of fused-ring (bicyclic) bond motifs is 18. The molecular weight excluding hydrogens is 1270 g/mol. The van der Waals surface area contributed by atoms with Crippen LogP contribution < -0.4 is 31.1 Å². The molecule has 19 aromatic rings. The Hall–Kier alpha value is -11.6.